The SMILES string of the molecule is COc1cc(OC)cc(C(=O)NCC(C)(C)C2(O)CCOCC2)c1. The lowest BCUT2D eigenvalue weighted by molar-refractivity contribution is -0.130. The Labute approximate surface area is 143 Å². The standard InChI is InChI=1S/C18H27NO5/c1-17(2,18(21)5-7-24-8-6-18)12-19-16(20)13-9-14(22-3)11-15(10-13)23-4/h9-11,21H,5-8,12H2,1-4H3,(H,19,20). The molecule has 6 heteroatoms. The number of aliphatic hydroxyl groups is 1. The molecular weight excluding hydrogens is 310 g/mol. The molecule has 0 unspecified atom stereocenters. The third-order valence-corrected chi connectivity index (χ3v) is 4.88. The van der Waals surface area contributed by atoms with E-state index in [0.717, 1.165) is 0 Å². The molecule has 0 bridgehead atoms. The van der Waals surface area contributed by atoms with Gasteiger partial charge in [0.25, 0.3) is 5.91 Å². The number of methoxy groups -OCH3 is 2. The molecule has 0 radical (unpaired) electrons. The van der Waals surface area contributed by atoms with Crippen LogP contribution in [0.15, 0.2) is 18.2 Å². The largest absolute Gasteiger partial charge is 0.497 e. The van der Waals surface area contributed by atoms with Crippen LogP contribution in [0.5, 0.6) is 11.5 Å². The van der Waals surface area contributed by atoms with Crippen molar-refractivity contribution < 1.29 is 24.1 Å². The number of carbonyl (C=O) groups excluding carboxylic acids is 1. The summed E-state index contributed by atoms with van der Waals surface area (Å²) in [4.78, 5) is 12.5. The number of carbonyl (C=O) groups is 1. The smallest absolute Gasteiger partial charge is 0.251 e. The minimum atomic E-state index is -0.843. The predicted molar refractivity (Wildman–Crippen MR) is 90.7 cm³/mol. The molecule has 6 nitrogen and oxygen atoms in total. The van der Waals surface area contributed by atoms with Crippen LogP contribution in [-0.2, 0) is 4.74 Å². The lowest BCUT2D eigenvalue weighted by atomic mass is 9.70. The van der Waals surface area contributed by atoms with E-state index in [2.05, 4.69) is 5.32 Å². The molecule has 0 atom stereocenters. The first-order valence-corrected chi connectivity index (χ1v) is 8.13. The fraction of sp³-hybridized carbons (Fsp3) is 0.611. The normalized spacial score (nSPS) is 17.2. The van der Waals surface area contributed by atoms with Crippen molar-refractivity contribution in [3.05, 3.63) is 23.8 Å². The molecule has 1 amide bonds. The van der Waals surface area contributed by atoms with E-state index in [1.54, 1.807) is 32.4 Å². The summed E-state index contributed by atoms with van der Waals surface area (Å²) in [6.07, 6.45) is 1.14. The molecule has 0 saturated carbocycles. The van der Waals surface area contributed by atoms with E-state index >= 15 is 0 Å². The van der Waals surface area contributed by atoms with Crippen molar-refractivity contribution in [2.45, 2.75) is 32.3 Å². The molecule has 1 fully saturated rings. The van der Waals surface area contributed by atoms with Crippen molar-refractivity contribution in [1.29, 1.82) is 0 Å². The Hall–Kier alpha value is -1.79. The molecule has 2 rings (SSSR count). The fourth-order valence-corrected chi connectivity index (χ4v) is 2.89. The average Bonchev–Trinajstić information content (AvgIpc) is 2.59. The number of nitrogens with one attached hydrogen (secondary N) is 1. The highest BCUT2D eigenvalue weighted by atomic mass is 16.5. The van der Waals surface area contributed by atoms with Gasteiger partial charge in [-0.2, -0.15) is 0 Å². The minimum absolute atomic E-state index is 0.226. The van der Waals surface area contributed by atoms with Crippen LogP contribution in [-0.4, -0.2) is 50.6 Å². The summed E-state index contributed by atoms with van der Waals surface area (Å²) < 4.78 is 15.7. The minimum Gasteiger partial charge on any atom is -0.497 e. The highest BCUT2D eigenvalue weighted by Crippen LogP contribution is 2.38. The molecule has 1 aromatic rings. The molecule has 1 aliphatic rings. The summed E-state index contributed by atoms with van der Waals surface area (Å²) in [6, 6.07) is 5.04. The van der Waals surface area contributed by atoms with Gasteiger partial charge in [0.1, 0.15) is 11.5 Å². The third kappa shape index (κ3) is 3.99. The topological polar surface area (TPSA) is 77.0 Å². The second kappa shape index (κ2) is 7.40. The van der Waals surface area contributed by atoms with Gasteiger partial charge in [-0.25, -0.2) is 0 Å². The maximum Gasteiger partial charge on any atom is 0.251 e. The summed E-state index contributed by atoms with van der Waals surface area (Å²) in [7, 11) is 3.08. The van der Waals surface area contributed by atoms with Gasteiger partial charge in [0.15, 0.2) is 0 Å². The van der Waals surface area contributed by atoms with Crippen LogP contribution < -0.4 is 14.8 Å². The summed E-state index contributed by atoms with van der Waals surface area (Å²) in [5.41, 5.74) is -0.846. The molecule has 1 saturated heterocycles. The highest BCUT2D eigenvalue weighted by molar-refractivity contribution is 5.95. The van der Waals surface area contributed by atoms with E-state index < -0.39 is 11.0 Å². The van der Waals surface area contributed by atoms with Crippen molar-refractivity contribution >= 4 is 5.91 Å². The third-order valence-electron chi connectivity index (χ3n) is 4.88. The molecule has 2 N–H and O–H groups in total. The second-order valence-electron chi connectivity index (χ2n) is 6.81. The van der Waals surface area contributed by atoms with E-state index in [1.165, 1.54) is 0 Å². The molecule has 1 aliphatic heterocycles. The summed E-state index contributed by atoms with van der Waals surface area (Å²) in [5, 5.41) is 13.8. The maximum atomic E-state index is 12.5. The summed E-state index contributed by atoms with van der Waals surface area (Å²) >= 11 is 0. The van der Waals surface area contributed by atoms with Gasteiger partial charge in [-0.3, -0.25) is 4.79 Å². The maximum absolute atomic E-state index is 12.5. The van der Waals surface area contributed by atoms with Gasteiger partial charge >= 0.3 is 0 Å². The van der Waals surface area contributed by atoms with Crippen molar-refractivity contribution in [3.63, 3.8) is 0 Å². The first-order valence-electron chi connectivity index (χ1n) is 8.13. The molecule has 1 aromatic carbocycles. The Bertz CT molecular complexity index is 557. The Morgan fingerprint density at radius 1 is 1.21 bits per heavy atom. The number of ether oxygens (including phenoxy) is 3. The number of amides is 1. The van der Waals surface area contributed by atoms with Crippen LogP contribution >= 0.6 is 0 Å². The first kappa shape index (κ1) is 18.5. The number of rotatable bonds is 6. The van der Waals surface area contributed by atoms with E-state index in [-0.39, 0.29) is 5.91 Å². The van der Waals surface area contributed by atoms with Gasteiger partial charge in [-0.05, 0) is 12.1 Å². The zero-order valence-corrected chi connectivity index (χ0v) is 14.8. The van der Waals surface area contributed by atoms with Crippen molar-refractivity contribution in [1.82, 2.24) is 5.32 Å². The Kier molecular flexibility index (Phi) is 5.72. The molecule has 0 aromatic heterocycles. The van der Waals surface area contributed by atoms with E-state index in [0.29, 0.717) is 49.7 Å². The quantitative estimate of drug-likeness (QED) is 0.830. The van der Waals surface area contributed by atoms with Gasteiger partial charge in [-0.1, -0.05) is 13.8 Å². The van der Waals surface area contributed by atoms with Crippen LogP contribution in [0.3, 0.4) is 0 Å². The number of benzene rings is 1. The monoisotopic (exact) mass is 337 g/mol. The van der Waals surface area contributed by atoms with Gasteiger partial charge in [0.2, 0.25) is 0 Å². The van der Waals surface area contributed by atoms with E-state index in [4.69, 9.17) is 14.2 Å². The van der Waals surface area contributed by atoms with Crippen LogP contribution in [0.25, 0.3) is 0 Å². The molecule has 0 aliphatic carbocycles. The number of hydrogen-bond acceptors (Lipinski definition) is 5. The molecule has 134 valence electrons. The Morgan fingerprint density at radius 2 is 1.75 bits per heavy atom. The predicted octanol–water partition coefficient (Wildman–Crippen LogP) is 2.00. The van der Waals surface area contributed by atoms with Gasteiger partial charge in [0, 0.05) is 49.6 Å². The summed E-state index contributed by atoms with van der Waals surface area (Å²) in [6.45, 7) is 5.37. The van der Waals surface area contributed by atoms with Crippen LogP contribution in [0, 0.1) is 5.41 Å². The number of hydrogen-bond donors (Lipinski definition) is 2. The molecule has 24 heavy (non-hydrogen) atoms. The fourth-order valence-electron chi connectivity index (χ4n) is 2.89. The van der Waals surface area contributed by atoms with Gasteiger partial charge in [-0.15, -0.1) is 0 Å². The van der Waals surface area contributed by atoms with Gasteiger partial charge in [0.05, 0.1) is 19.8 Å². The zero-order chi connectivity index (χ0) is 17.8. The zero-order valence-electron chi connectivity index (χ0n) is 14.8. The average molecular weight is 337 g/mol. The van der Waals surface area contributed by atoms with Crippen LogP contribution in [0.1, 0.15) is 37.0 Å². The first-order chi connectivity index (χ1) is 11.3. The summed E-state index contributed by atoms with van der Waals surface area (Å²) in [5.74, 6) is 0.888. The Morgan fingerprint density at radius 3 is 2.25 bits per heavy atom. The lowest BCUT2D eigenvalue weighted by Gasteiger charge is -2.45. The van der Waals surface area contributed by atoms with Crippen LogP contribution in [0.4, 0.5) is 0 Å². The molecule has 0 spiro atoms. The van der Waals surface area contributed by atoms with Crippen LogP contribution in [0.2, 0.25) is 0 Å². The Balaban J connectivity index is 2.07. The van der Waals surface area contributed by atoms with Crippen molar-refractivity contribution in [3.8, 4) is 11.5 Å². The van der Waals surface area contributed by atoms with E-state index in [1.807, 2.05) is 13.8 Å². The van der Waals surface area contributed by atoms with Crippen molar-refractivity contribution in [2.24, 2.45) is 5.41 Å². The van der Waals surface area contributed by atoms with Gasteiger partial charge < -0.3 is 24.6 Å². The second-order valence-corrected chi connectivity index (χ2v) is 6.81. The highest BCUT2D eigenvalue weighted by Gasteiger charge is 2.44. The van der Waals surface area contributed by atoms with Crippen molar-refractivity contribution in [2.75, 3.05) is 34.0 Å². The molecule has 1 heterocycles. The molecular formula is C18H27NO5. The lowest BCUT2D eigenvalue weighted by Crippen LogP contribution is -2.53. The van der Waals surface area contributed by atoms with E-state index in [9.17, 15) is 9.90 Å².